The quantitative estimate of drug-likeness (QED) is 0.392. The number of rotatable bonds is 3. The maximum Gasteiger partial charge on any atom is 0.511 e. The zero-order chi connectivity index (χ0) is 15.5. The Hall–Kier alpha value is -2.64. The van der Waals surface area contributed by atoms with Crippen molar-refractivity contribution in [3.05, 3.63) is 33.9 Å². The van der Waals surface area contributed by atoms with E-state index in [2.05, 4.69) is 4.74 Å². The fourth-order valence-corrected chi connectivity index (χ4v) is 1.31. The summed E-state index contributed by atoms with van der Waals surface area (Å²) in [5.41, 5.74) is -1.53. The number of esters is 1. The Balaban J connectivity index is 3.23. The summed E-state index contributed by atoms with van der Waals surface area (Å²) in [6, 6.07) is 2.98. The topological polar surface area (TPSA) is 116 Å². The third-order valence-electron chi connectivity index (χ3n) is 1.99. The van der Waals surface area contributed by atoms with Crippen LogP contribution < -0.4 is 4.74 Å². The molecule has 1 aromatic carbocycles. The fourth-order valence-electron chi connectivity index (χ4n) is 1.31. The minimum atomic E-state index is -1.64. The highest BCUT2D eigenvalue weighted by molar-refractivity contribution is 5.94. The lowest BCUT2D eigenvalue weighted by atomic mass is 10.1. The fraction of sp³-hybridized carbons (Fsp3) is 0.333. The molecular formula is C12H13NO7. The van der Waals surface area contributed by atoms with E-state index < -0.39 is 22.6 Å². The molecule has 20 heavy (non-hydrogen) atoms. The summed E-state index contributed by atoms with van der Waals surface area (Å²) in [4.78, 5) is 32.4. The van der Waals surface area contributed by atoms with E-state index in [1.165, 1.54) is 0 Å². The monoisotopic (exact) mass is 283 g/mol. The number of carbonyl (C=O) groups excluding carboxylic acids is 1. The molecule has 8 heteroatoms. The molecule has 0 aliphatic carbocycles. The maximum atomic E-state index is 11.9. The first-order valence-corrected chi connectivity index (χ1v) is 5.53. The van der Waals surface area contributed by atoms with Crippen LogP contribution in [-0.2, 0) is 4.74 Å². The first-order valence-electron chi connectivity index (χ1n) is 5.53. The largest absolute Gasteiger partial charge is 0.511 e. The van der Waals surface area contributed by atoms with E-state index >= 15 is 0 Å². The van der Waals surface area contributed by atoms with Gasteiger partial charge < -0.3 is 14.6 Å². The minimum absolute atomic E-state index is 0.322. The van der Waals surface area contributed by atoms with Gasteiger partial charge in [-0.25, -0.2) is 9.59 Å². The van der Waals surface area contributed by atoms with Crippen LogP contribution in [0.25, 0.3) is 0 Å². The molecule has 1 aromatic rings. The Morgan fingerprint density at radius 3 is 2.35 bits per heavy atom. The average Bonchev–Trinajstić information content (AvgIpc) is 2.25. The second-order valence-electron chi connectivity index (χ2n) is 4.81. The van der Waals surface area contributed by atoms with Gasteiger partial charge in [-0.05, 0) is 26.8 Å². The number of carboxylic acid groups (broad SMARTS) is 1. The molecule has 0 aliphatic rings. The summed E-state index contributed by atoms with van der Waals surface area (Å²) in [5.74, 6) is -1.23. The molecular weight excluding hydrogens is 270 g/mol. The van der Waals surface area contributed by atoms with Crippen molar-refractivity contribution in [3.8, 4) is 5.75 Å². The highest BCUT2D eigenvalue weighted by Crippen LogP contribution is 2.26. The van der Waals surface area contributed by atoms with Crippen LogP contribution in [0.2, 0.25) is 0 Å². The molecule has 0 fully saturated rings. The molecule has 0 amide bonds. The van der Waals surface area contributed by atoms with Gasteiger partial charge in [-0.15, -0.1) is 0 Å². The molecule has 0 aromatic heterocycles. The van der Waals surface area contributed by atoms with E-state index in [1.54, 1.807) is 20.8 Å². The standard InChI is InChI=1S/C12H13NO7/c1-12(2,3)20-10(14)8-6-7(13(17)18)4-5-9(8)19-11(15)16/h4-6H,1-3H3,(H,15,16). The van der Waals surface area contributed by atoms with Crippen molar-refractivity contribution in [2.24, 2.45) is 0 Å². The van der Waals surface area contributed by atoms with E-state index in [-0.39, 0.29) is 17.0 Å². The first-order chi connectivity index (χ1) is 9.10. The van der Waals surface area contributed by atoms with Crippen molar-refractivity contribution in [1.82, 2.24) is 0 Å². The summed E-state index contributed by atoms with van der Waals surface area (Å²) in [6.45, 7) is 4.83. The Kier molecular flexibility index (Phi) is 4.28. The summed E-state index contributed by atoms with van der Waals surface area (Å²) >= 11 is 0. The third kappa shape index (κ3) is 4.23. The van der Waals surface area contributed by atoms with Crippen LogP contribution in [0.5, 0.6) is 5.75 Å². The molecule has 108 valence electrons. The van der Waals surface area contributed by atoms with Gasteiger partial charge in [-0.2, -0.15) is 0 Å². The molecule has 0 radical (unpaired) electrons. The normalized spacial score (nSPS) is 10.8. The van der Waals surface area contributed by atoms with Crippen LogP contribution in [0.3, 0.4) is 0 Å². The number of ether oxygens (including phenoxy) is 2. The summed E-state index contributed by atoms with van der Waals surface area (Å²) in [5, 5.41) is 19.3. The van der Waals surface area contributed by atoms with Crippen LogP contribution in [0, 0.1) is 10.1 Å². The van der Waals surface area contributed by atoms with E-state index in [0.29, 0.717) is 0 Å². The van der Waals surface area contributed by atoms with E-state index in [9.17, 15) is 19.7 Å². The van der Waals surface area contributed by atoms with Crippen molar-refractivity contribution < 1.29 is 29.1 Å². The minimum Gasteiger partial charge on any atom is -0.456 e. The molecule has 0 heterocycles. The van der Waals surface area contributed by atoms with Crippen LogP contribution in [0.1, 0.15) is 31.1 Å². The predicted molar refractivity (Wildman–Crippen MR) is 66.9 cm³/mol. The third-order valence-corrected chi connectivity index (χ3v) is 1.99. The van der Waals surface area contributed by atoms with Crippen LogP contribution in [-0.4, -0.2) is 27.8 Å². The van der Waals surface area contributed by atoms with Crippen molar-refractivity contribution in [3.63, 3.8) is 0 Å². The number of nitro groups is 1. The van der Waals surface area contributed by atoms with Gasteiger partial charge in [-0.3, -0.25) is 10.1 Å². The molecule has 0 spiro atoms. The SMILES string of the molecule is CC(C)(C)OC(=O)c1cc([N+](=O)[O-])ccc1OC(=O)O. The summed E-state index contributed by atoms with van der Waals surface area (Å²) < 4.78 is 9.46. The summed E-state index contributed by atoms with van der Waals surface area (Å²) in [6.07, 6.45) is -1.64. The molecule has 0 saturated carbocycles. The van der Waals surface area contributed by atoms with Crippen molar-refractivity contribution in [2.45, 2.75) is 26.4 Å². The second kappa shape index (κ2) is 5.55. The smallest absolute Gasteiger partial charge is 0.456 e. The molecule has 0 unspecified atom stereocenters. The van der Waals surface area contributed by atoms with E-state index in [0.717, 1.165) is 18.2 Å². The number of hydrogen-bond donors (Lipinski definition) is 1. The van der Waals surface area contributed by atoms with Gasteiger partial charge >= 0.3 is 12.1 Å². The van der Waals surface area contributed by atoms with Gasteiger partial charge in [0, 0.05) is 12.1 Å². The Morgan fingerprint density at radius 1 is 1.30 bits per heavy atom. The summed E-state index contributed by atoms with van der Waals surface area (Å²) in [7, 11) is 0. The van der Waals surface area contributed by atoms with Crippen LogP contribution in [0.15, 0.2) is 18.2 Å². The highest BCUT2D eigenvalue weighted by atomic mass is 16.7. The van der Waals surface area contributed by atoms with Crippen molar-refractivity contribution in [1.29, 1.82) is 0 Å². The molecule has 0 aliphatic heterocycles. The predicted octanol–water partition coefficient (Wildman–Crippen LogP) is 2.61. The molecule has 1 N–H and O–H groups in total. The van der Waals surface area contributed by atoms with E-state index in [1.807, 2.05) is 0 Å². The Labute approximate surface area is 114 Å². The van der Waals surface area contributed by atoms with Gasteiger partial charge in [0.05, 0.1) is 4.92 Å². The molecule has 1 rings (SSSR count). The van der Waals surface area contributed by atoms with Gasteiger partial charge in [0.25, 0.3) is 5.69 Å². The lowest BCUT2D eigenvalue weighted by Gasteiger charge is -2.20. The van der Waals surface area contributed by atoms with Gasteiger partial charge in [0.1, 0.15) is 16.9 Å². The second-order valence-corrected chi connectivity index (χ2v) is 4.81. The molecule has 0 atom stereocenters. The lowest BCUT2D eigenvalue weighted by molar-refractivity contribution is -0.384. The Bertz CT molecular complexity index is 559. The Morgan fingerprint density at radius 2 is 1.90 bits per heavy atom. The number of non-ortho nitro benzene ring substituents is 1. The van der Waals surface area contributed by atoms with Crippen molar-refractivity contribution >= 4 is 17.8 Å². The maximum absolute atomic E-state index is 11.9. The number of carbonyl (C=O) groups is 2. The first kappa shape index (κ1) is 15.4. The zero-order valence-corrected chi connectivity index (χ0v) is 11.1. The zero-order valence-electron chi connectivity index (χ0n) is 11.1. The van der Waals surface area contributed by atoms with Gasteiger partial charge in [0.2, 0.25) is 0 Å². The van der Waals surface area contributed by atoms with Gasteiger partial charge in [0.15, 0.2) is 0 Å². The van der Waals surface area contributed by atoms with E-state index in [4.69, 9.17) is 9.84 Å². The number of nitrogens with zero attached hydrogens (tertiary/aromatic N) is 1. The molecule has 0 saturated heterocycles. The molecule has 8 nitrogen and oxygen atoms in total. The number of nitro benzene ring substituents is 1. The van der Waals surface area contributed by atoms with Crippen LogP contribution >= 0.6 is 0 Å². The van der Waals surface area contributed by atoms with Crippen LogP contribution in [0.4, 0.5) is 10.5 Å². The number of benzene rings is 1. The highest BCUT2D eigenvalue weighted by Gasteiger charge is 2.24. The van der Waals surface area contributed by atoms with Crippen molar-refractivity contribution in [2.75, 3.05) is 0 Å². The molecule has 0 bridgehead atoms. The lowest BCUT2D eigenvalue weighted by Crippen LogP contribution is -2.24. The van der Waals surface area contributed by atoms with Gasteiger partial charge in [-0.1, -0.05) is 0 Å². The average molecular weight is 283 g/mol. The number of hydrogen-bond acceptors (Lipinski definition) is 6.